The molecule has 0 bridgehead atoms. The van der Waals surface area contributed by atoms with Crippen molar-refractivity contribution in [1.82, 2.24) is 10.6 Å². The quantitative estimate of drug-likeness (QED) is 0.654. The molecule has 0 radical (unpaired) electrons. The maximum Gasteiger partial charge on any atom is 0.287 e. The molecule has 2 rings (SSSR count). The van der Waals surface area contributed by atoms with Crippen LogP contribution in [0.5, 0.6) is 5.75 Å². The van der Waals surface area contributed by atoms with Crippen LogP contribution >= 0.6 is 0 Å². The summed E-state index contributed by atoms with van der Waals surface area (Å²) in [5.41, 5.74) is 0.721. The molecule has 2 aromatic rings. The maximum absolute atomic E-state index is 12.1. The van der Waals surface area contributed by atoms with Crippen LogP contribution in [0.3, 0.4) is 0 Å². The summed E-state index contributed by atoms with van der Waals surface area (Å²) >= 11 is 0. The highest BCUT2D eigenvalue weighted by Crippen LogP contribution is 2.15. The van der Waals surface area contributed by atoms with Crippen LogP contribution in [0.2, 0.25) is 0 Å². The molecule has 1 amide bonds. The average Bonchev–Trinajstić information content (AvgIpc) is 3.05. The molecule has 1 aromatic carbocycles. The third-order valence-electron chi connectivity index (χ3n) is 3.16. The van der Waals surface area contributed by atoms with Crippen molar-refractivity contribution in [2.75, 3.05) is 33.4 Å². The minimum atomic E-state index is -0.241. The highest BCUT2D eigenvalue weighted by atomic mass is 16.5. The number of amides is 1. The van der Waals surface area contributed by atoms with E-state index in [9.17, 15) is 4.79 Å². The molecule has 6 nitrogen and oxygen atoms in total. The predicted octanol–water partition coefficient (Wildman–Crippen LogP) is 1.82. The van der Waals surface area contributed by atoms with E-state index in [0.29, 0.717) is 19.7 Å². The van der Waals surface area contributed by atoms with Gasteiger partial charge in [-0.2, -0.15) is 0 Å². The Morgan fingerprint density at radius 3 is 2.74 bits per heavy atom. The minimum absolute atomic E-state index is 0.241. The summed E-state index contributed by atoms with van der Waals surface area (Å²) in [6.07, 6.45) is 1.50. The van der Waals surface area contributed by atoms with Gasteiger partial charge in [0.2, 0.25) is 0 Å². The molecule has 0 saturated carbocycles. The van der Waals surface area contributed by atoms with Gasteiger partial charge in [0.15, 0.2) is 5.76 Å². The van der Waals surface area contributed by atoms with Gasteiger partial charge in [0.1, 0.15) is 12.4 Å². The molecule has 0 saturated heterocycles. The molecule has 0 aliphatic carbocycles. The van der Waals surface area contributed by atoms with Gasteiger partial charge in [-0.1, -0.05) is 18.2 Å². The number of hydrogen-bond acceptors (Lipinski definition) is 5. The molecule has 0 unspecified atom stereocenters. The normalized spacial score (nSPS) is 10.5. The number of hydrogen-bond donors (Lipinski definition) is 2. The highest BCUT2D eigenvalue weighted by molar-refractivity contribution is 5.92. The monoisotopic (exact) mass is 318 g/mol. The minimum Gasteiger partial charge on any atom is -0.489 e. The first-order chi connectivity index (χ1) is 11.3. The molecule has 1 aromatic heterocycles. The number of furan rings is 1. The van der Waals surface area contributed by atoms with Crippen LogP contribution < -0.4 is 15.4 Å². The third kappa shape index (κ3) is 5.77. The fourth-order valence-corrected chi connectivity index (χ4v) is 1.97. The van der Waals surface area contributed by atoms with Crippen molar-refractivity contribution in [3.8, 4) is 5.75 Å². The summed E-state index contributed by atoms with van der Waals surface area (Å²) in [7, 11) is 1.65. The molecule has 0 aliphatic rings. The summed E-state index contributed by atoms with van der Waals surface area (Å²) in [6, 6.07) is 11.2. The molecule has 6 heteroatoms. The second-order valence-corrected chi connectivity index (χ2v) is 4.88. The fourth-order valence-electron chi connectivity index (χ4n) is 1.97. The zero-order valence-electron chi connectivity index (χ0n) is 13.2. The van der Waals surface area contributed by atoms with E-state index in [1.54, 1.807) is 13.2 Å². The predicted molar refractivity (Wildman–Crippen MR) is 86.6 cm³/mol. The van der Waals surface area contributed by atoms with Gasteiger partial charge < -0.3 is 24.5 Å². The topological polar surface area (TPSA) is 72.7 Å². The van der Waals surface area contributed by atoms with E-state index in [2.05, 4.69) is 10.6 Å². The Morgan fingerprint density at radius 1 is 1.13 bits per heavy atom. The lowest BCUT2D eigenvalue weighted by molar-refractivity contribution is 0.0922. The average molecular weight is 318 g/mol. The molecular weight excluding hydrogens is 296 g/mol. The lowest BCUT2D eigenvalue weighted by atomic mass is 10.2. The number of methoxy groups -OCH3 is 1. The first-order valence-corrected chi connectivity index (χ1v) is 7.53. The summed E-state index contributed by atoms with van der Waals surface area (Å²) < 4.78 is 15.9. The van der Waals surface area contributed by atoms with Crippen LogP contribution in [0.1, 0.15) is 16.1 Å². The van der Waals surface area contributed by atoms with Crippen molar-refractivity contribution in [1.29, 1.82) is 0 Å². The molecule has 1 heterocycles. The lowest BCUT2D eigenvalue weighted by Crippen LogP contribution is -2.33. The van der Waals surface area contributed by atoms with Gasteiger partial charge >= 0.3 is 0 Å². The summed E-state index contributed by atoms with van der Waals surface area (Å²) in [5.74, 6) is 0.801. The van der Waals surface area contributed by atoms with Crippen molar-refractivity contribution in [2.24, 2.45) is 0 Å². The number of para-hydroxylation sites is 1. The van der Waals surface area contributed by atoms with E-state index in [1.165, 1.54) is 6.26 Å². The summed E-state index contributed by atoms with van der Waals surface area (Å²) in [4.78, 5) is 12.1. The number of nitrogens with one attached hydrogen (secondary N) is 2. The van der Waals surface area contributed by atoms with Crippen LogP contribution in [0.4, 0.5) is 0 Å². The van der Waals surface area contributed by atoms with Gasteiger partial charge in [-0.15, -0.1) is 0 Å². The molecule has 124 valence electrons. The molecule has 0 aliphatic heterocycles. The Bertz CT molecular complexity index is 583. The molecule has 0 spiro atoms. The van der Waals surface area contributed by atoms with Gasteiger partial charge in [0.25, 0.3) is 5.91 Å². The second-order valence-electron chi connectivity index (χ2n) is 4.88. The van der Waals surface area contributed by atoms with E-state index in [1.807, 2.05) is 30.3 Å². The molecule has 23 heavy (non-hydrogen) atoms. The number of benzene rings is 1. The van der Waals surface area contributed by atoms with Crippen LogP contribution in [0, 0.1) is 0 Å². The van der Waals surface area contributed by atoms with E-state index in [-0.39, 0.29) is 18.3 Å². The summed E-state index contributed by atoms with van der Waals surface area (Å²) in [6.45, 7) is 2.87. The van der Waals surface area contributed by atoms with Crippen LogP contribution in [0.15, 0.2) is 47.1 Å². The van der Waals surface area contributed by atoms with Gasteiger partial charge in [-0.05, 0) is 18.2 Å². The van der Waals surface area contributed by atoms with Crippen molar-refractivity contribution < 1.29 is 18.7 Å². The van der Waals surface area contributed by atoms with Crippen molar-refractivity contribution in [2.45, 2.75) is 6.61 Å². The number of rotatable bonds is 10. The molecule has 2 N–H and O–H groups in total. The Morgan fingerprint density at radius 2 is 1.96 bits per heavy atom. The number of ether oxygens (including phenoxy) is 2. The lowest BCUT2D eigenvalue weighted by Gasteiger charge is -2.08. The van der Waals surface area contributed by atoms with Gasteiger partial charge in [0, 0.05) is 32.3 Å². The van der Waals surface area contributed by atoms with Crippen LogP contribution in [-0.4, -0.2) is 39.3 Å². The van der Waals surface area contributed by atoms with Gasteiger partial charge in [0.05, 0.1) is 12.9 Å². The van der Waals surface area contributed by atoms with Crippen molar-refractivity contribution in [3.05, 3.63) is 54.0 Å². The first-order valence-electron chi connectivity index (χ1n) is 7.53. The van der Waals surface area contributed by atoms with E-state index >= 15 is 0 Å². The zero-order chi connectivity index (χ0) is 16.3. The zero-order valence-corrected chi connectivity index (χ0v) is 13.2. The Labute approximate surface area is 135 Å². The van der Waals surface area contributed by atoms with Crippen molar-refractivity contribution in [3.63, 3.8) is 0 Å². The molecule has 0 atom stereocenters. The van der Waals surface area contributed by atoms with E-state index < -0.39 is 0 Å². The van der Waals surface area contributed by atoms with Crippen molar-refractivity contribution >= 4 is 5.91 Å². The number of carbonyl (C=O) groups excluding carboxylic acids is 1. The van der Waals surface area contributed by atoms with Crippen LogP contribution in [0.25, 0.3) is 0 Å². The molecular formula is C17H22N2O4. The molecule has 0 fully saturated rings. The Balaban J connectivity index is 1.77. The van der Waals surface area contributed by atoms with Gasteiger partial charge in [-0.3, -0.25) is 4.79 Å². The first kappa shape index (κ1) is 17.1. The smallest absolute Gasteiger partial charge is 0.287 e. The SMILES string of the molecule is COCCNCCNC(=O)c1occc1COc1ccccc1. The summed E-state index contributed by atoms with van der Waals surface area (Å²) in [5, 5.41) is 5.96. The number of carbonyl (C=O) groups is 1. The Hall–Kier alpha value is -2.31. The van der Waals surface area contributed by atoms with E-state index in [0.717, 1.165) is 17.9 Å². The largest absolute Gasteiger partial charge is 0.489 e. The van der Waals surface area contributed by atoms with E-state index in [4.69, 9.17) is 13.9 Å². The second kappa shape index (κ2) is 9.66. The Kier molecular flexibility index (Phi) is 7.16. The standard InChI is InChI=1S/C17H22N2O4/c1-21-12-10-18-8-9-19-17(20)16-14(7-11-22-16)13-23-15-5-3-2-4-6-15/h2-7,11,18H,8-10,12-13H2,1H3,(H,19,20). The fraction of sp³-hybridized carbons (Fsp3) is 0.353. The van der Waals surface area contributed by atoms with Gasteiger partial charge in [-0.25, -0.2) is 0 Å². The van der Waals surface area contributed by atoms with Crippen LogP contribution in [-0.2, 0) is 11.3 Å². The maximum atomic E-state index is 12.1. The third-order valence-corrected chi connectivity index (χ3v) is 3.16. The highest BCUT2D eigenvalue weighted by Gasteiger charge is 2.15.